The van der Waals surface area contributed by atoms with Crippen molar-refractivity contribution in [2.45, 2.75) is 12.2 Å². The summed E-state index contributed by atoms with van der Waals surface area (Å²) in [6.45, 7) is 0.251. The first-order valence-electron chi connectivity index (χ1n) is 5.69. The van der Waals surface area contributed by atoms with E-state index >= 15 is 0 Å². The van der Waals surface area contributed by atoms with Crippen LogP contribution in [0.1, 0.15) is 11.7 Å². The average Bonchev–Trinajstić information content (AvgIpc) is 2.37. The molecule has 1 aromatic rings. The molecule has 0 aliphatic carbocycles. The number of aliphatic hydroxyl groups is 2. The third-order valence-corrected chi connectivity index (χ3v) is 2.76. The van der Waals surface area contributed by atoms with Crippen molar-refractivity contribution in [2.75, 3.05) is 25.5 Å². The molecule has 6 heteroatoms. The minimum atomic E-state index is -0.996. The lowest BCUT2D eigenvalue weighted by molar-refractivity contribution is -0.118. The zero-order valence-corrected chi connectivity index (χ0v) is 10.0. The first-order valence-corrected chi connectivity index (χ1v) is 5.69. The van der Waals surface area contributed by atoms with Crippen LogP contribution in [0.4, 0.5) is 5.69 Å². The smallest absolute Gasteiger partial charge is 0.262 e. The number of fused-ring (bicyclic) bond motifs is 1. The van der Waals surface area contributed by atoms with E-state index in [1.54, 1.807) is 25.2 Å². The first-order chi connectivity index (χ1) is 8.61. The third kappa shape index (κ3) is 2.61. The molecule has 1 heterocycles. The van der Waals surface area contributed by atoms with Gasteiger partial charge in [-0.1, -0.05) is 6.07 Å². The van der Waals surface area contributed by atoms with Gasteiger partial charge in [0, 0.05) is 6.54 Å². The molecule has 0 fully saturated rings. The molecule has 0 bridgehead atoms. The van der Waals surface area contributed by atoms with E-state index in [9.17, 15) is 15.0 Å². The van der Waals surface area contributed by atoms with Gasteiger partial charge in [-0.2, -0.15) is 0 Å². The number of anilines is 1. The van der Waals surface area contributed by atoms with Crippen LogP contribution < -0.4 is 15.4 Å². The minimum absolute atomic E-state index is 0.0361. The molecule has 2 atom stereocenters. The molecule has 1 aliphatic heterocycles. The van der Waals surface area contributed by atoms with Gasteiger partial charge in [-0.05, 0) is 24.7 Å². The minimum Gasteiger partial charge on any atom is -0.482 e. The number of ether oxygens (including phenoxy) is 1. The molecule has 1 aliphatic rings. The average molecular weight is 252 g/mol. The summed E-state index contributed by atoms with van der Waals surface area (Å²) in [5.41, 5.74) is 1.12. The molecule has 0 saturated heterocycles. The van der Waals surface area contributed by atoms with Crippen LogP contribution in [-0.4, -0.2) is 42.4 Å². The third-order valence-electron chi connectivity index (χ3n) is 2.76. The molecule has 18 heavy (non-hydrogen) atoms. The van der Waals surface area contributed by atoms with E-state index in [4.69, 9.17) is 4.74 Å². The van der Waals surface area contributed by atoms with E-state index in [0.29, 0.717) is 17.0 Å². The molecule has 0 spiro atoms. The Kier molecular flexibility index (Phi) is 3.81. The maximum atomic E-state index is 11.1. The number of amides is 1. The zero-order chi connectivity index (χ0) is 13.1. The van der Waals surface area contributed by atoms with Gasteiger partial charge in [-0.25, -0.2) is 0 Å². The van der Waals surface area contributed by atoms with Gasteiger partial charge in [0.25, 0.3) is 5.91 Å². The van der Waals surface area contributed by atoms with Crippen LogP contribution in [0.3, 0.4) is 0 Å². The van der Waals surface area contributed by atoms with Crippen LogP contribution in [0.15, 0.2) is 18.2 Å². The molecule has 98 valence electrons. The lowest BCUT2D eigenvalue weighted by atomic mass is 10.0. The summed E-state index contributed by atoms with van der Waals surface area (Å²) in [6, 6.07) is 4.92. The topological polar surface area (TPSA) is 90.8 Å². The molecule has 1 amide bonds. The largest absolute Gasteiger partial charge is 0.482 e. The number of aliphatic hydroxyl groups excluding tert-OH is 2. The predicted octanol–water partition coefficient (Wildman–Crippen LogP) is -0.369. The quantitative estimate of drug-likeness (QED) is 0.587. The van der Waals surface area contributed by atoms with Crippen molar-refractivity contribution in [3.63, 3.8) is 0 Å². The summed E-state index contributed by atoms with van der Waals surface area (Å²) in [4.78, 5) is 11.1. The molecular weight excluding hydrogens is 236 g/mol. The zero-order valence-electron chi connectivity index (χ0n) is 10.0. The predicted molar refractivity (Wildman–Crippen MR) is 65.5 cm³/mol. The van der Waals surface area contributed by atoms with Crippen molar-refractivity contribution in [1.82, 2.24) is 5.32 Å². The Bertz CT molecular complexity index is 450. The van der Waals surface area contributed by atoms with E-state index in [1.807, 2.05) is 0 Å². The molecule has 2 unspecified atom stereocenters. The van der Waals surface area contributed by atoms with Gasteiger partial charge in [-0.15, -0.1) is 0 Å². The number of nitrogens with one attached hydrogen (secondary N) is 2. The van der Waals surface area contributed by atoms with Crippen molar-refractivity contribution in [3.05, 3.63) is 23.8 Å². The van der Waals surface area contributed by atoms with Crippen molar-refractivity contribution in [1.29, 1.82) is 0 Å². The summed E-state index contributed by atoms with van der Waals surface area (Å²) in [5, 5.41) is 25.1. The number of carbonyl (C=O) groups excluding carboxylic acids is 1. The summed E-state index contributed by atoms with van der Waals surface area (Å²) in [5.74, 6) is 0.300. The Morgan fingerprint density at radius 1 is 1.50 bits per heavy atom. The second-order valence-corrected chi connectivity index (χ2v) is 4.16. The van der Waals surface area contributed by atoms with Gasteiger partial charge < -0.3 is 25.6 Å². The van der Waals surface area contributed by atoms with E-state index in [2.05, 4.69) is 10.6 Å². The van der Waals surface area contributed by atoms with Crippen LogP contribution >= 0.6 is 0 Å². The lowest BCUT2D eigenvalue weighted by Crippen LogP contribution is -2.30. The van der Waals surface area contributed by atoms with Crippen molar-refractivity contribution < 1.29 is 19.7 Å². The Morgan fingerprint density at radius 3 is 3.00 bits per heavy atom. The van der Waals surface area contributed by atoms with Gasteiger partial charge in [0.2, 0.25) is 0 Å². The van der Waals surface area contributed by atoms with Gasteiger partial charge in [-0.3, -0.25) is 4.79 Å². The van der Waals surface area contributed by atoms with Crippen molar-refractivity contribution in [2.24, 2.45) is 0 Å². The molecule has 6 nitrogen and oxygen atoms in total. The Labute approximate surface area is 105 Å². The maximum Gasteiger partial charge on any atom is 0.262 e. The number of rotatable bonds is 4. The van der Waals surface area contributed by atoms with E-state index in [1.165, 1.54) is 0 Å². The highest BCUT2D eigenvalue weighted by Gasteiger charge is 2.21. The molecule has 2 rings (SSSR count). The van der Waals surface area contributed by atoms with E-state index < -0.39 is 12.2 Å². The number of hydrogen-bond donors (Lipinski definition) is 4. The number of hydrogen-bond acceptors (Lipinski definition) is 5. The molecule has 1 aromatic carbocycles. The molecular formula is C12H16N2O4. The fourth-order valence-corrected chi connectivity index (χ4v) is 1.82. The summed E-state index contributed by atoms with van der Waals surface area (Å²) in [7, 11) is 1.70. The summed E-state index contributed by atoms with van der Waals surface area (Å²) in [6.07, 6.45) is -1.89. The molecule has 4 N–H and O–H groups in total. The molecule has 0 saturated carbocycles. The van der Waals surface area contributed by atoms with Crippen LogP contribution in [0.5, 0.6) is 5.75 Å². The highest BCUT2D eigenvalue weighted by atomic mass is 16.5. The number of carbonyl (C=O) groups is 1. The lowest BCUT2D eigenvalue weighted by Gasteiger charge is -2.22. The normalized spacial score (nSPS) is 17.4. The highest BCUT2D eigenvalue weighted by molar-refractivity contribution is 5.95. The number of benzene rings is 1. The molecule has 0 radical (unpaired) electrons. The van der Waals surface area contributed by atoms with Crippen molar-refractivity contribution >= 4 is 11.6 Å². The number of likely N-dealkylation sites (N-methyl/N-ethyl adjacent to an activating group) is 1. The summed E-state index contributed by atoms with van der Waals surface area (Å²) >= 11 is 0. The van der Waals surface area contributed by atoms with E-state index in [0.717, 1.165) is 0 Å². The van der Waals surface area contributed by atoms with Gasteiger partial charge in [0.15, 0.2) is 6.61 Å². The summed E-state index contributed by atoms with van der Waals surface area (Å²) < 4.78 is 5.25. The monoisotopic (exact) mass is 252 g/mol. The highest BCUT2D eigenvalue weighted by Crippen LogP contribution is 2.31. The van der Waals surface area contributed by atoms with Gasteiger partial charge >= 0.3 is 0 Å². The fourth-order valence-electron chi connectivity index (χ4n) is 1.82. The van der Waals surface area contributed by atoms with Crippen LogP contribution in [0.25, 0.3) is 0 Å². The Balaban J connectivity index is 2.18. The Hall–Kier alpha value is -1.63. The SMILES string of the molecule is CNCC(O)C(O)c1ccc2c(c1)OCC(=O)N2. The van der Waals surface area contributed by atoms with Gasteiger partial charge in [0.05, 0.1) is 11.8 Å². The van der Waals surface area contributed by atoms with Gasteiger partial charge in [0.1, 0.15) is 11.9 Å². The van der Waals surface area contributed by atoms with Crippen molar-refractivity contribution in [3.8, 4) is 5.75 Å². The Morgan fingerprint density at radius 2 is 2.28 bits per heavy atom. The fraction of sp³-hybridized carbons (Fsp3) is 0.417. The van der Waals surface area contributed by atoms with E-state index in [-0.39, 0.29) is 19.1 Å². The van der Waals surface area contributed by atoms with Crippen LogP contribution in [0, 0.1) is 0 Å². The second-order valence-electron chi connectivity index (χ2n) is 4.16. The molecule has 0 aromatic heterocycles. The van der Waals surface area contributed by atoms with Crippen LogP contribution in [0.2, 0.25) is 0 Å². The maximum absolute atomic E-state index is 11.1. The van der Waals surface area contributed by atoms with Crippen LogP contribution in [-0.2, 0) is 4.79 Å². The first kappa shape index (κ1) is 12.8. The standard InChI is InChI=1S/C12H16N2O4/c1-13-5-9(15)12(17)7-2-3-8-10(4-7)18-6-11(16)14-8/h2-4,9,12-13,15,17H,5-6H2,1H3,(H,14,16). The second kappa shape index (κ2) is 5.34.